The summed E-state index contributed by atoms with van der Waals surface area (Å²) in [6.45, 7) is 15.1. The molecular weight excluding hydrogens is 656 g/mol. The first-order valence-corrected chi connectivity index (χ1v) is 17.4. The molecule has 1 unspecified atom stereocenters. The molecule has 0 N–H and O–H groups in total. The van der Waals surface area contributed by atoms with Crippen LogP contribution in [0.4, 0.5) is 9.59 Å². The Morgan fingerprint density at radius 2 is 1.06 bits per heavy atom. The first kappa shape index (κ1) is 39.1. The van der Waals surface area contributed by atoms with Gasteiger partial charge < -0.3 is 18.9 Å². The molecule has 0 spiro atoms. The number of Topliss-reactive ketones (excluding diaryl/α,β-unsaturated/α-hetero) is 2. The summed E-state index contributed by atoms with van der Waals surface area (Å²) >= 11 is 0. The highest BCUT2D eigenvalue weighted by Gasteiger charge is 2.43. The van der Waals surface area contributed by atoms with Gasteiger partial charge in [0, 0.05) is 23.2 Å². The van der Waals surface area contributed by atoms with Gasteiger partial charge in [-0.2, -0.15) is 0 Å². The number of carbonyl (C=O) groups is 6. The molecule has 2 fully saturated rings. The summed E-state index contributed by atoms with van der Waals surface area (Å²) in [7, 11) is 0. The molecule has 2 saturated heterocycles. The maximum absolute atomic E-state index is 13.1. The molecule has 0 aliphatic carbocycles. The number of benzene rings is 2. The van der Waals surface area contributed by atoms with Crippen LogP contribution in [0.1, 0.15) is 107 Å². The van der Waals surface area contributed by atoms with Gasteiger partial charge in [0.2, 0.25) is 5.78 Å². The fourth-order valence-corrected chi connectivity index (χ4v) is 6.31. The molecule has 2 aliphatic heterocycles. The third kappa shape index (κ3) is 9.95. The lowest BCUT2D eigenvalue weighted by Gasteiger charge is -2.30. The van der Waals surface area contributed by atoms with Crippen molar-refractivity contribution in [2.24, 2.45) is 0 Å². The third-order valence-corrected chi connectivity index (χ3v) is 8.85. The van der Waals surface area contributed by atoms with E-state index in [1.165, 1.54) is 9.80 Å². The number of rotatable bonds is 9. The van der Waals surface area contributed by atoms with E-state index in [0.717, 1.165) is 11.1 Å². The van der Waals surface area contributed by atoms with Crippen molar-refractivity contribution < 1.29 is 47.7 Å². The van der Waals surface area contributed by atoms with Gasteiger partial charge in [-0.25, -0.2) is 19.2 Å². The summed E-state index contributed by atoms with van der Waals surface area (Å²) < 4.78 is 21.7. The van der Waals surface area contributed by atoms with E-state index in [1.807, 2.05) is 19.9 Å². The quantitative estimate of drug-likeness (QED) is 0.157. The summed E-state index contributed by atoms with van der Waals surface area (Å²) in [6.07, 6.45) is 0.903. The molecule has 2 aromatic rings. The molecule has 4 rings (SSSR count). The van der Waals surface area contributed by atoms with Gasteiger partial charge in [-0.1, -0.05) is 42.5 Å². The number of carbonyl (C=O) groups excluding carboxylic acids is 6. The van der Waals surface area contributed by atoms with Crippen LogP contribution >= 0.6 is 0 Å². The molecule has 12 heteroatoms. The monoisotopic (exact) mass is 706 g/mol. The number of likely N-dealkylation sites (tertiary alicyclic amines) is 2. The molecule has 2 amide bonds. The molecule has 12 nitrogen and oxygen atoms in total. The summed E-state index contributed by atoms with van der Waals surface area (Å²) in [5.74, 6) is -2.06. The van der Waals surface area contributed by atoms with Crippen LogP contribution in [0.2, 0.25) is 0 Å². The number of hydrogen-bond donors (Lipinski definition) is 0. The lowest BCUT2D eigenvalue weighted by atomic mass is 9.97. The van der Waals surface area contributed by atoms with E-state index in [1.54, 1.807) is 84.9 Å². The highest BCUT2D eigenvalue weighted by molar-refractivity contribution is 6.00. The second-order valence-corrected chi connectivity index (χ2v) is 15.3. The Morgan fingerprint density at radius 1 is 0.627 bits per heavy atom. The molecule has 0 bridgehead atoms. The summed E-state index contributed by atoms with van der Waals surface area (Å²) in [4.78, 5) is 80.0. The predicted octanol–water partition coefficient (Wildman–Crippen LogP) is 6.69. The minimum atomic E-state index is -0.821. The standard InChI is InChI=1S/C39H50N2O10/c1-23-20-28(16-17-29(23)33(43)22-49-35(45)31-19-11-25(3)41(31)37(47)51-39(7,8)9)26-12-14-27(15-13-26)32(42)21-48-34(44)30-18-10-24(2)40(30)36(46)50-38(4,5)6/h12-17,20,24-25,30-31H,10-11,18-19,21-22H2,1-9H3/t24-,25-,30?,31-/m0/s1. The highest BCUT2D eigenvalue weighted by atomic mass is 16.6. The van der Waals surface area contributed by atoms with Gasteiger partial charge in [0.15, 0.2) is 19.0 Å². The van der Waals surface area contributed by atoms with Gasteiger partial charge in [-0.15, -0.1) is 0 Å². The first-order chi connectivity index (χ1) is 23.8. The van der Waals surface area contributed by atoms with Crippen LogP contribution in [0.5, 0.6) is 0 Å². The summed E-state index contributed by atoms with van der Waals surface area (Å²) in [6, 6.07) is 10.0. The van der Waals surface area contributed by atoms with Crippen molar-refractivity contribution >= 4 is 35.7 Å². The van der Waals surface area contributed by atoms with Crippen molar-refractivity contribution in [2.45, 2.75) is 123 Å². The van der Waals surface area contributed by atoms with Gasteiger partial charge >= 0.3 is 24.1 Å². The van der Waals surface area contributed by atoms with Crippen molar-refractivity contribution in [1.29, 1.82) is 0 Å². The van der Waals surface area contributed by atoms with Crippen molar-refractivity contribution in [3.8, 4) is 11.1 Å². The maximum Gasteiger partial charge on any atom is 0.411 e. The van der Waals surface area contributed by atoms with Gasteiger partial charge in [0.1, 0.15) is 23.3 Å². The summed E-state index contributed by atoms with van der Waals surface area (Å²) in [5.41, 5.74) is 1.58. The average molecular weight is 707 g/mol. The van der Waals surface area contributed by atoms with E-state index in [0.29, 0.717) is 42.4 Å². The second kappa shape index (κ2) is 15.7. The van der Waals surface area contributed by atoms with Crippen LogP contribution in [-0.2, 0) is 28.5 Å². The Balaban J connectivity index is 1.31. The number of amides is 2. The van der Waals surface area contributed by atoms with E-state index in [4.69, 9.17) is 18.9 Å². The largest absolute Gasteiger partial charge is 0.456 e. The van der Waals surface area contributed by atoms with Crippen LogP contribution in [0.25, 0.3) is 11.1 Å². The van der Waals surface area contributed by atoms with Gasteiger partial charge in [-0.3, -0.25) is 19.4 Å². The molecular formula is C39H50N2O10. The van der Waals surface area contributed by atoms with Crippen molar-refractivity contribution in [3.05, 3.63) is 59.2 Å². The number of aryl methyl sites for hydroxylation is 1. The van der Waals surface area contributed by atoms with Crippen molar-refractivity contribution in [3.63, 3.8) is 0 Å². The first-order valence-electron chi connectivity index (χ1n) is 17.4. The summed E-state index contributed by atoms with van der Waals surface area (Å²) in [5, 5.41) is 0. The molecule has 2 aromatic carbocycles. The zero-order valence-electron chi connectivity index (χ0n) is 31.1. The smallest absolute Gasteiger partial charge is 0.411 e. The SMILES string of the molecule is Cc1cc(-c2ccc(C(=O)COC(=O)C3CC[C@H](C)N3C(=O)OC(C)(C)C)cc2)ccc1C(=O)COC(=O)[C@@H]1CC[C@H](C)N1C(=O)OC(C)(C)C. The number of hydrogen-bond acceptors (Lipinski definition) is 10. The number of nitrogens with zero attached hydrogens (tertiary/aromatic N) is 2. The van der Waals surface area contributed by atoms with Gasteiger partial charge in [-0.05, 0) is 105 Å². The van der Waals surface area contributed by atoms with Crippen LogP contribution in [0.15, 0.2) is 42.5 Å². The van der Waals surface area contributed by atoms with E-state index in [2.05, 4.69) is 0 Å². The molecule has 0 saturated carbocycles. The van der Waals surface area contributed by atoms with Crippen molar-refractivity contribution in [1.82, 2.24) is 9.80 Å². The Labute approximate surface area is 299 Å². The molecule has 2 aliphatic rings. The highest BCUT2D eigenvalue weighted by Crippen LogP contribution is 2.29. The average Bonchev–Trinajstić information content (AvgIpc) is 3.63. The Hall–Kier alpha value is -4.74. The number of ether oxygens (including phenoxy) is 4. The Morgan fingerprint density at radius 3 is 1.49 bits per heavy atom. The fourth-order valence-electron chi connectivity index (χ4n) is 6.31. The predicted molar refractivity (Wildman–Crippen MR) is 188 cm³/mol. The molecule has 2 heterocycles. The zero-order valence-corrected chi connectivity index (χ0v) is 31.1. The minimum Gasteiger partial charge on any atom is -0.456 e. The van der Waals surface area contributed by atoms with Crippen LogP contribution < -0.4 is 0 Å². The van der Waals surface area contributed by atoms with Crippen LogP contribution in [0.3, 0.4) is 0 Å². The van der Waals surface area contributed by atoms with E-state index >= 15 is 0 Å². The fraction of sp³-hybridized carbons (Fsp3) is 0.538. The van der Waals surface area contributed by atoms with Crippen molar-refractivity contribution in [2.75, 3.05) is 13.2 Å². The lowest BCUT2D eigenvalue weighted by molar-refractivity contribution is -0.148. The number of ketones is 2. The van der Waals surface area contributed by atoms with E-state index < -0.39 is 66.4 Å². The van der Waals surface area contributed by atoms with Gasteiger partial charge in [0.25, 0.3) is 0 Å². The van der Waals surface area contributed by atoms with Gasteiger partial charge in [0.05, 0.1) is 0 Å². The normalized spacial score (nSPS) is 20.5. The number of esters is 2. The maximum atomic E-state index is 13.1. The molecule has 51 heavy (non-hydrogen) atoms. The van der Waals surface area contributed by atoms with E-state index in [9.17, 15) is 28.8 Å². The van der Waals surface area contributed by atoms with Crippen LogP contribution in [-0.4, -0.2) is 94.1 Å². The third-order valence-electron chi connectivity index (χ3n) is 8.85. The molecule has 4 atom stereocenters. The molecule has 0 radical (unpaired) electrons. The zero-order chi connectivity index (χ0) is 37.8. The topological polar surface area (TPSA) is 146 Å². The van der Waals surface area contributed by atoms with Crippen LogP contribution in [0, 0.1) is 6.92 Å². The van der Waals surface area contributed by atoms with E-state index in [-0.39, 0.29) is 17.9 Å². The lowest BCUT2D eigenvalue weighted by Crippen LogP contribution is -2.47. The second-order valence-electron chi connectivity index (χ2n) is 15.3. The Bertz CT molecular complexity index is 1650. The molecule has 0 aromatic heterocycles. The Kier molecular flexibility index (Phi) is 12.0. The molecule has 276 valence electrons. The minimum absolute atomic E-state index is 0.196.